The third-order valence-corrected chi connectivity index (χ3v) is 5.73. The lowest BCUT2D eigenvalue weighted by molar-refractivity contribution is 0.0526. The second-order valence-corrected chi connectivity index (χ2v) is 7.80. The van der Waals surface area contributed by atoms with Crippen molar-refractivity contribution in [2.24, 2.45) is 0 Å². The quantitative estimate of drug-likeness (QED) is 0.522. The molecule has 0 amide bonds. The third kappa shape index (κ3) is 4.26. The first-order chi connectivity index (χ1) is 12.3. The number of aryl methyl sites for hydroxylation is 1. The summed E-state index contributed by atoms with van der Waals surface area (Å²) < 4.78 is 32.4. The molecule has 0 saturated heterocycles. The molecule has 0 heterocycles. The highest BCUT2D eigenvalue weighted by atomic mass is 35.5. The Hall–Kier alpha value is -2.31. The molecule has 0 saturated carbocycles. The summed E-state index contributed by atoms with van der Waals surface area (Å²) in [7, 11) is -3.86. The van der Waals surface area contributed by atoms with Crippen molar-refractivity contribution in [3.8, 4) is 0 Å². The van der Waals surface area contributed by atoms with E-state index in [4.69, 9.17) is 16.3 Å². The number of halogens is 1. The van der Waals surface area contributed by atoms with Gasteiger partial charge >= 0.3 is 5.97 Å². The number of carbonyl (C=O) groups excluding carboxylic acids is 1. The molecule has 0 atom stereocenters. The van der Waals surface area contributed by atoms with Gasteiger partial charge < -0.3 is 4.74 Å². The van der Waals surface area contributed by atoms with E-state index in [0.29, 0.717) is 16.3 Å². The summed E-state index contributed by atoms with van der Waals surface area (Å²) in [4.78, 5) is 12.1. The molecule has 7 heteroatoms. The molecule has 0 N–H and O–H groups in total. The van der Waals surface area contributed by atoms with Crippen molar-refractivity contribution < 1.29 is 17.9 Å². The highest BCUT2D eigenvalue weighted by molar-refractivity contribution is 7.92. The number of hydrogen-bond donors (Lipinski definition) is 0. The van der Waals surface area contributed by atoms with Gasteiger partial charge in [-0.25, -0.2) is 13.2 Å². The van der Waals surface area contributed by atoms with Crippen molar-refractivity contribution in [1.82, 2.24) is 0 Å². The highest BCUT2D eigenvalue weighted by Crippen LogP contribution is 2.28. The van der Waals surface area contributed by atoms with E-state index in [1.165, 1.54) is 40.7 Å². The van der Waals surface area contributed by atoms with Gasteiger partial charge in [0.25, 0.3) is 10.0 Å². The number of hydrogen-bond acceptors (Lipinski definition) is 4. The average Bonchev–Trinajstić information content (AvgIpc) is 2.61. The Kier molecular flexibility index (Phi) is 6.45. The Morgan fingerprint density at radius 1 is 1.23 bits per heavy atom. The van der Waals surface area contributed by atoms with Crippen LogP contribution in [0.15, 0.2) is 60.0 Å². The Morgan fingerprint density at radius 3 is 2.46 bits per heavy atom. The van der Waals surface area contributed by atoms with E-state index in [2.05, 4.69) is 6.58 Å². The minimum atomic E-state index is -3.86. The van der Waals surface area contributed by atoms with E-state index < -0.39 is 16.0 Å². The van der Waals surface area contributed by atoms with E-state index in [1.807, 2.05) is 0 Å². The van der Waals surface area contributed by atoms with Crippen molar-refractivity contribution in [3.05, 3.63) is 71.3 Å². The largest absolute Gasteiger partial charge is 0.462 e. The van der Waals surface area contributed by atoms with Crippen LogP contribution in [0, 0.1) is 6.92 Å². The van der Waals surface area contributed by atoms with Crippen molar-refractivity contribution >= 4 is 33.3 Å². The molecule has 0 unspecified atom stereocenters. The van der Waals surface area contributed by atoms with Crippen molar-refractivity contribution in [2.75, 3.05) is 17.5 Å². The number of nitrogens with zero attached hydrogens (tertiary/aromatic N) is 1. The fourth-order valence-electron chi connectivity index (χ4n) is 2.40. The van der Waals surface area contributed by atoms with Gasteiger partial charge in [-0.15, -0.1) is 6.58 Å². The zero-order valence-corrected chi connectivity index (χ0v) is 16.2. The maximum atomic E-state index is 13.1. The zero-order chi connectivity index (χ0) is 19.3. The summed E-state index contributed by atoms with van der Waals surface area (Å²) in [5.74, 6) is -0.504. The van der Waals surface area contributed by atoms with Gasteiger partial charge in [-0.3, -0.25) is 4.31 Å². The molecule has 0 aliphatic heterocycles. The van der Waals surface area contributed by atoms with E-state index in [-0.39, 0.29) is 23.6 Å². The zero-order valence-electron chi connectivity index (χ0n) is 14.6. The van der Waals surface area contributed by atoms with Gasteiger partial charge in [0.05, 0.1) is 29.3 Å². The molecular weight excluding hydrogens is 374 g/mol. The Morgan fingerprint density at radius 2 is 1.88 bits per heavy atom. The van der Waals surface area contributed by atoms with Crippen LogP contribution in [0.4, 0.5) is 5.69 Å². The summed E-state index contributed by atoms with van der Waals surface area (Å²) >= 11 is 5.85. The average molecular weight is 394 g/mol. The molecule has 0 spiro atoms. The van der Waals surface area contributed by atoms with E-state index in [9.17, 15) is 13.2 Å². The lowest BCUT2D eigenvalue weighted by Crippen LogP contribution is -2.32. The standard InChI is InChI=1S/C19H20ClNO4S/c1-4-12-21(26(23,24)17-10-8-16(20)9-11-17)18-13-15(7-6-14(18)3)19(22)25-5-2/h4,6-11,13H,1,5,12H2,2-3H3. The highest BCUT2D eigenvalue weighted by Gasteiger charge is 2.26. The molecule has 2 aromatic rings. The third-order valence-electron chi connectivity index (χ3n) is 3.69. The smallest absolute Gasteiger partial charge is 0.338 e. The number of sulfonamides is 1. The SMILES string of the molecule is C=CCN(c1cc(C(=O)OCC)ccc1C)S(=O)(=O)c1ccc(Cl)cc1. The molecule has 2 aromatic carbocycles. The molecule has 0 fully saturated rings. The van der Waals surface area contributed by atoms with Crippen LogP contribution < -0.4 is 4.31 Å². The molecular formula is C19H20ClNO4S. The van der Waals surface area contributed by atoms with Gasteiger partial charge in [-0.1, -0.05) is 23.7 Å². The molecule has 0 aliphatic rings. The van der Waals surface area contributed by atoms with E-state index >= 15 is 0 Å². The minimum absolute atomic E-state index is 0.0536. The number of anilines is 1. The van der Waals surface area contributed by atoms with Crippen molar-refractivity contribution in [1.29, 1.82) is 0 Å². The van der Waals surface area contributed by atoms with E-state index in [1.54, 1.807) is 26.0 Å². The van der Waals surface area contributed by atoms with Crippen LogP contribution in [-0.4, -0.2) is 27.5 Å². The van der Waals surface area contributed by atoms with Gasteiger partial charge in [0.1, 0.15) is 0 Å². The van der Waals surface area contributed by atoms with E-state index in [0.717, 1.165) is 0 Å². The summed E-state index contributed by atoms with van der Waals surface area (Å²) in [6.07, 6.45) is 1.49. The number of carbonyl (C=O) groups is 1. The van der Waals surface area contributed by atoms with Crippen LogP contribution in [0.1, 0.15) is 22.8 Å². The predicted molar refractivity (Wildman–Crippen MR) is 103 cm³/mol. The first-order valence-electron chi connectivity index (χ1n) is 7.98. The van der Waals surface area contributed by atoms with Gasteiger partial charge in [-0.2, -0.15) is 0 Å². The summed E-state index contributed by atoms with van der Waals surface area (Å²) in [6, 6.07) is 10.7. The summed E-state index contributed by atoms with van der Waals surface area (Å²) in [5.41, 5.74) is 1.38. The molecule has 0 aliphatic carbocycles. The second-order valence-electron chi connectivity index (χ2n) is 5.50. The lowest BCUT2D eigenvalue weighted by Gasteiger charge is -2.25. The maximum absolute atomic E-state index is 13.1. The first kappa shape index (κ1) is 20.0. The van der Waals surface area contributed by atoms with Crippen LogP contribution in [0.3, 0.4) is 0 Å². The summed E-state index contributed by atoms with van der Waals surface area (Å²) in [5, 5.41) is 0.444. The minimum Gasteiger partial charge on any atom is -0.462 e. The first-order valence-corrected chi connectivity index (χ1v) is 9.80. The molecule has 0 radical (unpaired) electrons. The molecule has 5 nitrogen and oxygen atoms in total. The Labute approximate surface area is 158 Å². The second kappa shape index (κ2) is 8.38. The molecule has 2 rings (SSSR count). The maximum Gasteiger partial charge on any atom is 0.338 e. The topological polar surface area (TPSA) is 63.7 Å². The fraction of sp³-hybridized carbons (Fsp3) is 0.211. The van der Waals surface area contributed by atoms with Gasteiger partial charge in [0, 0.05) is 5.02 Å². The lowest BCUT2D eigenvalue weighted by atomic mass is 10.1. The van der Waals surface area contributed by atoms with Gasteiger partial charge in [0.2, 0.25) is 0 Å². The van der Waals surface area contributed by atoms with Crippen LogP contribution in [0.5, 0.6) is 0 Å². The number of ether oxygens (including phenoxy) is 1. The van der Waals surface area contributed by atoms with Crippen LogP contribution in [-0.2, 0) is 14.8 Å². The Bertz CT molecular complexity index is 908. The monoisotopic (exact) mass is 393 g/mol. The Balaban J connectivity index is 2.56. The number of rotatable bonds is 7. The molecule has 138 valence electrons. The molecule has 0 aromatic heterocycles. The predicted octanol–water partition coefficient (Wildman–Crippen LogP) is 4.21. The van der Waals surface area contributed by atoms with Gasteiger partial charge in [0.15, 0.2) is 0 Å². The van der Waals surface area contributed by atoms with Crippen LogP contribution >= 0.6 is 11.6 Å². The normalized spacial score (nSPS) is 11.0. The van der Waals surface area contributed by atoms with Crippen molar-refractivity contribution in [3.63, 3.8) is 0 Å². The number of esters is 1. The van der Waals surface area contributed by atoms with Crippen LogP contribution in [0.25, 0.3) is 0 Å². The van der Waals surface area contributed by atoms with Gasteiger partial charge in [-0.05, 0) is 55.8 Å². The fourth-order valence-corrected chi connectivity index (χ4v) is 4.01. The molecule has 0 bridgehead atoms. The summed E-state index contributed by atoms with van der Waals surface area (Å²) in [6.45, 7) is 7.42. The van der Waals surface area contributed by atoms with Crippen LogP contribution in [0.2, 0.25) is 5.02 Å². The number of benzene rings is 2. The van der Waals surface area contributed by atoms with Crippen molar-refractivity contribution in [2.45, 2.75) is 18.7 Å². The molecule has 26 heavy (non-hydrogen) atoms.